The van der Waals surface area contributed by atoms with E-state index in [0.29, 0.717) is 5.91 Å². The Morgan fingerprint density at radius 2 is 2.06 bits per heavy atom. The summed E-state index contributed by atoms with van der Waals surface area (Å²) in [5.41, 5.74) is 2.38. The molecular weight excluding hydrogens is 390 g/mol. The van der Waals surface area contributed by atoms with Crippen LogP contribution < -0.4 is 4.74 Å². The summed E-state index contributed by atoms with van der Waals surface area (Å²) in [6.07, 6.45) is 7.43. The molecule has 5 aliphatic carbocycles. The van der Waals surface area contributed by atoms with Crippen LogP contribution in [0.1, 0.15) is 62.1 Å². The van der Waals surface area contributed by atoms with E-state index >= 15 is 0 Å². The van der Waals surface area contributed by atoms with E-state index in [1.807, 2.05) is 0 Å². The van der Waals surface area contributed by atoms with Gasteiger partial charge in [-0.3, -0.25) is 4.79 Å². The zero-order chi connectivity index (χ0) is 21.4. The Morgan fingerprint density at radius 1 is 1.26 bits per heavy atom. The van der Waals surface area contributed by atoms with Crippen molar-refractivity contribution in [3.8, 4) is 5.75 Å². The summed E-state index contributed by atoms with van der Waals surface area (Å²) in [5, 5.41) is 0. The summed E-state index contributed by atoms with van der Waals surface area (Å²) in [4.78, 5) is 28.3. The minimum atomic E-state index is -0.621. The number of nitrogens with zero attached hydrogens (tertiary/aromatic N) is 1. The van der Waals surface area contributed by atoms with E-state index in [1.165, 1.54) is 16.7 Å². The summed E-state index contributed by atoms with van der Waals surface area (Å²) in [6, 6.07) is 4.59. The Balaban J connectivity index is 1.52. The van der Waals surface area contributed by atoms with Gasteiger partial charge >= 0.3 is 0 Å². The fourth-order valence-corrected chi connectivity index (χ4v) is 9.05. The van der Waals surface area contributed by atoms with Crippen molar-refractivity contribution in [1.29, 1.82) is 0 Å². The molecular formula is C26H31NO4. The SMILES string of the molecule is CO[C@]12CCC3(C[C@]1(C)C=O)[C@H]1Cc4ccc(C)c5c4[C@@]3(CCN1C(=O)C1CC1)[C@H]2O5. The molecule has 1 unspecified atom stereocenters. The predicted molar refractivity (Wildman–Crippen MR) is 114 cm³/mol. The third kappa shape index (κ3) is 1.74. The largest absolute Gasteiger partial charge is 0.486 e. The van der Waals surface area contributed by atoms with E-state index in [0.717, 1.165) is 63.5 Å². The maximum atomic E-state index is 13.4. The van der Waals surface area contributed by atoms with Crippen molar-refractivity contribution < 1.29 is 19.1 Å². The molecule has 2 spiro atoms. The van der Waals surface area contributed by atoms with Crippen molar-refractivity contribution in [3.63, 3.8) is 0 Å². The number of aryl methyl sites for hydroxylation is 1. The van der Waals surface area contributed by atoms with Crippen LogP contribution in [-0.2, 0) is 26.2 Å². The monoisotopic (exact) mass is 421 g/mol. The van der Waals surface area contributed by atoms with Crippen LogP contribution in [-0.4, -0.2) is 48.5 Å². The molecule has 2 heterocycles. The average molecular weight is 422 g/mol. The van der Waals surface area contributed by atoms with E-state index in [4.69, 9.17) is 9.47 Å². The molecule has 31 heavy (non-hydrogen) atoms. The molecule has 0 N–H and O–H groups in total. The molecule has 5 nitrogen and oxygen atoms in total. The fourth-order valence-electron chi connectivity index (χ4n) is 9.05. The number of likely N-dealkylation sites (tertiary alicyclic amines) is 1. The first-order valence-electron chi connectivity index (χ1n) is 12.0. The zero-order valence-electron chi connectivity index (χ0n) is 18.7. The van der Waals surface area contributed by atoms with Gasteiger partial charge in [-0.25, -0.2) is 0 Å². The van der Waals surface area contributed by atoms with Crippen LogP contribution in [0.15, 0.2) is 12.1 Å². The van der Waals surface area contributed by atoms with Crippen molar-refractivity contribution in [2.75, 3.05) is 13.7 Å². The Bertz CT molecular complexity index is 1050. The standard InChI is InChI=1S/C26H31NO4/c1-15-4-5-17-12-18-24-8-9-26(30-3,23(2,13-24)14-28)22-25(24,19(17)20(15)31-22)10-11-27(18)21(29)16-6-7-16/h4-5,14,16,18,22H,6-13H2,1-3H3/t18-,22-,23-,24?,25+,26+/m1/s1. The number of hydrogen-bond donors (Lipinski definition) is 0. The van der Waals surface area contributed by atoms with Crippen molar-refractivity contribution in [2.45, 2.75) is 82.0 Å². The molecule has 1 amide bonds. The molecule has 4 saturated carbocycles. The van der Waals surface area contributed by atoms with Crippen molar-refractivity contribution in [2.24, 2.45) is 16.7 Å². The van der Waals surface area contributed by atoms with Gasteiger partial charge in [-0.15, -0.1) is 0 Å². The van der Waals surface area contributed by atoms with Gasteiger partial charge in [0.2, 0.25) is 5.91 Å². The Morgan fingerprint density at radius 3 is 2.77 bits per heavy atom. The number of rotatable bonds is 3. The first kappa shape index (κ1) is 18.7. The van der Waals surface area contributed by atoms with Gasteiger partial charge in [-0.1, -0.05) is 12.1 Å². The van der Waals surface area contributed by atoms with Crippen LogP contribution in [0.25, 0.3) is 0 Å². The van der Waals surface area contributed by atoms with Crippen molar-refractivity contribution >= 4 is 12.2 Å². The van der Waals surface area contributed by atoms with Gasteiger partial charge < -0.3 is 19.2 Å². The number of benzene rings is 1. The second-order valence-corrected chi connectivity index (χ2v) is 11.5. The van der Waals surface area contributed by atoms with Gasteiger partial charge in [0.15, 0.2) is 0 Å². The number of carbonyl (C=O) groups is 2. The topological polar surface area (TPSA) is 55.8 Å². The molecule has 0 radical (unpaired) electrons. The van der Waals surface area contributed by atoms with Gasteiger partial charge in [-0.2, -0.15) is 0 Å². The van der Waals surface area contributed by atoms with E-state index < -0.39 is 11.0 Å². The third-order valence-corrected chi connectivity index (χ3v) is 10.5. The molecule has 1 saturated heterocycles. The van der Waals surface area contributed by atoms with Crippen LogP contribution >= 0.6 is 0 Å². The predicted octanol–water partition coefficient (Wildman–Crippen LogP) is 3.34. The minimum Gasteiger partial charge on any atom is -0.486 e. The number of methoxy groups -OCH3 is 1. The minimum absolute atomic E-state index is 0.123. The highest BCUT2D eigenvalue weighted by Crippen LogP contribution is 2.78. The Labute approximate surface area is 183 Å². The molecule has 6 atom stereocenters. The lowest BCUT2D eigenvalue weighted by molar-refractivity contribution is -0.292. The highest BCUT2D eigenvalue weighted by atomic mass is 16.6. The van der Waals surface area contributed by atoms with Crippen LogP contribution in [0.4, 0.5) is 0 Å². The van der Waals surface area contributed by atoms with Gasteiger partial charge in [-0.05, 0) is 69.9 Å². The van der Waals surface area contributed by atoms with E-state index in [1.54, 1.807) is 7.11 Å². The normalized spacial score (nSPS) is 45.8. The lowest BCUT2D eigenvalue weighted by Crippen LogP contribution is -2.83. The maximum Gasteiger partial charge on any atom is 0.225 e. The Kier molecular flexibility index (Phi) is 3.23. The van der Waals surface area contributed by atoms with Crippen molar-refractivity contribution in [1.82, 2.24) is 4.90 Å². The number of hydrogen-bond acceptors (Lipinski definition) is 4. The number of piperidine rings is 1. The first-order valence-corrected chi connectivity index (χ1v) is 12.0. The summed E-state index contributed by atoms with van der Waals surface area (Å²) >= 11 is 0. The van der Waals surface area contributed by atoms with Gasteiger partial charge in [0.1, 0.15) is 23.7 Å². The molecule has 0 aromatic heterocycles. The molecule has 1 aromatic carbocycles. The maximum absolute atomic E-state index is 13.4. The number of ether oxygens (including phenoxy) is 2. The fraction of sp³-hybridized carbons (Fsp3) is 0.692. The lowest BCUT2D eigenvalue weighted by Gasteiger charge is -2.75. The second kappa shape index (κ2) is 5.36. The van der Waals surface area contributed by atoms with Crippen LogP contribution in [0, 0.1) is 23.7 Å². The molecule has 1 aromatic rings. The molecule has 2 aliphatic heterocycles. The average Bonchev–Trinajstić information content (AvgIpc) is 3.55. The highest BCUT2D eigenvalue weighted by Gasteiger charge is 2.83. The number of fused-ring (bicyclic) bond motifs is 2. The third-order valence-electron chi connectivity index (χ3n) is 10.5. The Hall–Kier alpha value is -1.88. The summed E-state index contributed by atoms with van der Waals surface area (Å²) < 4.78 is 13.2. The molecule has 5 fully saturated rings. The molecule has 8 rings (SSSR count). The highest BCUT2D eigenvalue weighted by molar-refractivity contribution is 5.82. The van der Waals surface area contributed by atoms with Gasteiger partial charge in [0.25, 0.3) is 0 Å². The first-order chi connectivity index (χ1) is 14.9. The molecule has 4 bridgehead atoms. The quantitative estimate of drug-likeness (QED) is 0.703. The smallest absolute Gasteiger partial charge is 0.225 e. The van der Waals surface area contributed by atoms with Gasteiger partial charge in [0.05, 0.1) is 5.41 Å². The number of amides is 1. The van der Waals surface area contributed by atoms with Crippen LogP contribution in [0.2, 0.25) is 0 Å². The van der Waals surface area contributed by atoms with E-state index in [9.17, 15) is 9.59 Å². The number of carbonyl (C=O) groups excluding carboxylic acids is 2. The molecule has 7 aliphatic rings. The second-order valence-electron chi connectivity index (χ2n) is 11.5. The van der Waals surface area contributed by atoms with Crippen molar-refractivity contribution in [3.05, 3.63) is 28.8 Å². The zero-order valence-corrected chi connectivity index (χ0v) is 18.7. The lowest BCUT2D eigenvalue weighted by atomic mass is 9.32. The molecule has 5 heteroatoms. The van der Waals surface area contributed by atoms with E-state index in [-0.39, 0.29) is 28.9 Å². The van der Waals surface area contributed by atoms with Crippen LogP contribution in [0.5, 0.6) is 5.75 Å². The van der Waals surface area contributed by atoms with E-state index in [2.05, 4.69) is 30.9 Å². The van der Waals surface area contributed by atoms with Crippen LogP contribution in [0.3, 0.4) is 0 Å². The summed E-state index contributed by atoms with van der Waals surface area (Å²) in [7, 11) is 1.77. The summed E-state index contributed by atoms with van der Waals surface area (Å²) in [6.45, 7) is 5.01. The molecule has 164 valence electrons. The number of aldehydes is 1. The van der Waals surface area contributed by atoms with Gasteiger partial charge in [0, 0.05) is 42.0 Å². The summed E-state index contributed by atoms with van der Waals surface area (Å²) in [5.74, 6) is 1.60.